The Balaban J connectivity index is 1.62. The third-order valence-electron chi connectivity index (χ3n) is 5.44. The van der Waals surface area contributed by atoms with E-state index in [0.29, 0.717) is 30.2 Å². The minimum Gasteiger partial charge on any atom is -0.497 e. The average molecular weight is 360 g/mol. The van der Waals surface area contributed by atoms with Crippen LogP contribution in [0.2, 0.25) is 0 Å². The second-order valence-electron chi connectivity index (χ2n) is 7.02. The molecule has 2 heterocycles. The van der Waals surface area contributed by atoms with Crippen LogP contribution in [-0.2, 0) is 4.79 Å². The lowest BCUT2D eigenvalue weighted by Crippen LogP contribution is -2.45. The van der Waals surface area contributed by atoms with Crippen molar-refractivity contribution in [3.05, 3.63) is 23.8 Å². The van der Waals surface area contributed by atoms with Crippen molar-refractivity contribution in [2.45, 2.75) is 32.1 Å². The molecule has 0 unspecified atom stereocenters. The lowest BCUT2D eigenvalue weighted by Gasteiger charge is -2.35. The third-order valence-corrected chi connectivity index (χ3v) is 5.44. The quantitative estimate of drug-likeness (QED) is 0.828. The fraction of sp³-hybridized carbons (Fsp3) is 0.600. The topological polar surface area (TPSA) is 59.1 Å². The van der Waals surface area contributed by atoms with Gasteiger partial charge in [0.15, 0.2) is 0 Å². The smallest absolute Gasteiger partial charge is 0.257 e. The number of carbonyl (C=O) groups is 2. The van der Waals surface area contributed by atoms with Crippen molar-refractivity contribution < 1.29 is 19.1 Å². The van der Waals surface area contributed by atoms with E-state index in [1.807, 2.05) is 9.80 Å². The van der Waals surface area contributed by atoms with Crippen LogP contribution in [0.15, 0.2) is 18.2 Å². The van der Waals surface area contributed by atoms with Gasteiger partial charge in [0, 0.05) is 32.1 Å². The van der Waals surface area contributed by atoms with Crippen molar-refractivity contribution in [1.29, 1.82) is 0 Å². The Kier molecular flexibility index (Phi) is 6.01. The summed E-state index contributed by atoms with van der Waals surface area (Å²) in [5, 5.41) is 0. The number of amides is 2. The fourth-order valence-corrected chi connectivity index (χ4v) is 3.85. The number of methoxy groups -OCH3 is 2. The molecule has 2 aliphatic heterocycles. The minimum atomic E-state index is -0.0652. The van der Waals surface area contributed by atoms with Crippen LogP contribution in [0, 0.1) is 5.92 Å². The average Bonchev–Trinajstić information content (AvgIpc) is 2.73. The van der Waals surface area contributed by atoms with Crippen LogP contribution in [0.5, 0.6) is 11.5 Å². The Hall–Kier alpha value is -2.24. The zero-order valence-corrected chi connectivity index (χ0v) is 15.7. The number of nitrogens with zero attached hydrogens (tertiary/aromatic N) is 2. The van der Waals surface area contributed by atoms with E-state index in [2.05, 4.69) is 0 Å². The lowest BCUT2D eigenvalue weighted by molar-refractivity contribution is -0.137. The predicted molar refractivity (Wildman–Crippen MR) is 98.6 cm³/mol. The van der Waals surface area contributed by atoms with Crippen LogP contribution >= 0.6 is 0 Å². The van der Waals surface area contributed by atoms with Gasteiger partial charge < -0.3 is 19.3 Å². The molecule has 0 radical (unpaired) electrons. The summed E-state index contributed by atoms with van der Waals surface area (Å²) in [7, 11) is 3.13. The van der Waals surface area contributed by atoms with E-state index in [4.69, 9.17) is 9.47 Å². The molecule has 0 atom stereocenters. The molecule has 3 rings (SSSR count). The molecule has 2 saturated heterocycles. The first-order valence-corrected chi connectivity index (χ1v) is 9.44. The molecular formula is C20H28N2O4. The molecule has 2 aliphatic rings. The molecule has 6 heteroatoms. The molecule has 0 spiro atoms. The van der Waals surface area contributed by atoms with Gasteiger partial charge in [0.05, 0.1) is 19.8 Å². The number of benzene rings is 1. The van der Waals surface area contributed by atoms with Crippen LogP contribution in [0.1, 0.15) is 42.5 Å². The molecule has 1 aromatic carbocycles. The molecule has 26 heavy (non-hydrogen) atoms. The molecule has 2 fully saturated rings. The largest absolute Gasteiger partial charge is 0.497 e. The highest BCUT2D eigenvalue weighted by Crippen LogP contribution is 2.28. The number of ether oxygens (including phenoxy) is 2. The summed E-state index contributed by atoms with van der Waals surface area (Å²) in [6, 6.07) is 5.24. The van der Waals surface area contributed by atoms with E-state index < -0.39 is 0 Å². The van der Waals surface area contributed by atoms with E-state index >= 15 is 0 Å². The first-order valence-electron chi connectivity index (χ1n) is 9.44. The number of hydrogen-bond acceptors (Lipinski definition) is 4. The number of rotatable bonds is 4. The Bertz CT molecular complexity index is 647. The standard InChI is InChI=1S/C20H28N2O4/c1-25-16-6-7-18(26-2)17(14-16)20(24)22-12-8-15(9-13-22)19(23)21-10-4-3-5-11-21/h6-7,14-15H,3-5,8-13H2,1-2H3. The zero-order chi connectivity index (χ0) is 18.5. The summed E-state index contributed by atoms with van der Waals surface area (Å²) in [4.78, 5) is 29.4. The molecule has 0 bridgehead atoms. The Morgan fingerprint density at radius 2 is 1.62 bits per heavy atom. The van der Waals surface area contributed by atoms with Gasteiger partial charge in [-0.2, -0.15) is 0 Å². The Morgan fingerprint density at radius 1 is 0.923 bits per heavy atom. The van der Waals surface area contributed by atoms with Crippen LogP contribution in [0.3, 0.4) is 0 Å². The second kappa shape index (κ2) is 8.43. The van der Waals surface area contributed by atoms with E-state index in [-0.39, 0.29) is 17.7 Å². The van der Waals surface area contributed by atoms with Crippen LogP contribution in [0.25, 0.3) is 0 Å². The maximum atomic E-state index is 12.9. The van der Waals surface area contributed by atoms with Crippen LogP contribution in [-0.4, -0.2) is 62.0 Å². The van der Waals surface area contributed by atoms with Gasteiger partial charge in [-0.25, -0.2) is 0 Å². The summed E-state index contributed by atoms with van der Waals surface area (Å²) in [6.07, 6.45) is 4.90. The molecule has 1 aromatic rings. The summed E-state index contributed by atoms with van der Waals surface area (Å²) >= 11 is 0. The van der Waals surface area contributed by atoms with Gasteiger partial charge in [0.1, 0.15) is 11.5 Å². The van der Waals surface area contributed by atoms with Gasteiger partial charge in [-0.3, -0.25) is 9.59 Å². The predicted octanol–water partition coefficient (Wildman–Crippen LogP) is 2.57. The highest BCUT2D eigenvalue weighted by Gasteiger charge is 2.31. The molecular weight excluding hydrogens is 332 g/mol. The monoisotopic (exact) mass is 360 g/mol. The SMILES string of the molecule is COc1ccc(OC)c(C(=O)N2CCC(C(=O)N3CCCCC3)CC2)c1. The van der Waals surface area contributed by atoms with Crippen molar-refractivity contribution in [3.8, 4) is 11.5 Å². The van der Waals surface area contributed by atoms with Crippen molar-refractivity contribution in [2.24, 2.45) is 5.92 Å². The highest BCUT2D eigenvalue weighted by molar-refractivity contribution is 5.97. The van der Waals surface area contributed by atoms with Crippen LogP contribution in [0.4, 0.5) is 0 Å². The Labute approximate surface area is 155 Å². The summed E-state index contributed by atoms with van der Waals surface area (Å²) in [5.74, 6) is 1.43. The highest BCUT2D eigenvalue weighted by atomic mass is 16.5. The number of piperidine rings is 2. The first-order chi connectivity index (χ1) is 12.6. The molecule has 0 aliphatic carbocycles. The molecule has 2 amide bonds. The van der Waals surface area contributed by atoms with Gasteiger partial charge in [-0.15, -0.1) is 0 Å². The van der Waals surface area contributed by atoms with E-state index in [1.165, 1.54) is 6.42 Å². The van der Waals surface area contributed by atoms with Gasteiger partial charge in [0.25, 0.3) is 5.91 Å². The molecule has 142 valence electrons. The summed E-state index contributed by atoms with van der Waals surface area (Å²) < 4.78 is 10.6. The van der Waals surface area contributed by atoms with Crippen LogP contribution < -0.4 is 9.47 Å². The van der Waals surface area contributed by atoms with Crippen molar-refractivity contribution >= 4 is 11.8 Å². The molecule has 0 N–H and O–H groups in total. The zero-order valence-electron chi connectivity index (χ0n) is 15.7. The fourth-order valence-electron chi connectivity index (χ4n) is 3.85. The second-order valence-corrected chi connectivity index (χ2v) is 7.02. The first kappa shape index (κ1) is 18.5. The summed E-state index contributed by atoms with van der Waals surface area (Å²) in [6.45, 7) is 2.98. The number of hydrogen-bond donors (Lipinski definition) is 0. The normalized spacial score (nSPS) is 18.5. The maximum absolute atomic E-state index is 12.9. The third kappa shape index (κ3) is 3.94. The molecule has 0 saturated carbocycles. The van der Waals surface area contributed by atoms with Crippen molar-refractivity contribution in [1.82, 2.24) is 9.80 Å². The molecule has 0 aromatic heterocycles. The van der Waals surface area contributed by atoms with Crippen molar-refractivity contribution in [2.75, 3.05) is 40.4 Å². The lowest BCUT2D eigenvalue weighted by atomic mass is 9.94. The maximum Gasteiger partial charge on any atom is 0.257 e. The Morgan fingerprint density at radius 3 is 2.23 bits per heavy atom. The van der Waals surface area contributed by atoms with E-state index in [9.17, 15) is 9.59 Å². The number of likely N-dealkylation sites (tertiary alicyclic amines) is 2. The van der Waals surface area contributed by atoms with Gasteiger partial charge in [-0.05, 0) is 50.3 Å². The van der Waals surface area contributed by atoms with Crippen molar-refractivity contribution in [3.63, 3.8) is 0 Å². The van der Waals surface area contributed by atoms with E-state index in [1.54, 1.807) is 32.4 Å². The van der Waals surface area contributed by atoms with Gasteiger partial charge in [0.2, 0.25) is 5.91 Å². The summed E-state index contributed by atoms with van der Waals surface area (Å²) in [5.41, 5.74) is 0.507. The van der Waals surface area contributed by atoms with Gasteiger partial charge >= 0.3 is 0 Å². The minimum absolute atomic E-state index is 0.0457. The molecule has 6 nitrogen and oxygen atoms in total. The van der Waals surface area contributed by atoms with Gasteiger partial charge in [-0.1, -0.05) is 0 Å². The van der Waals surface area contributed by atoms with E-state index in [0.717, 1.165) is 38.8 Å². The number of carbonyl (C=O) groups excluding carboxylic acids is 2.